The lowest BCUT2D eigenvalue weighted by molar-refractivity contribution is 0.323. The van der Waals surface area contributed by atoms with E-state index < -0.39 is 0 Å². The molecular formula is C9H17ClN4O. The Hall–Kier alpha value is -0.650. The molecule has 0 radical (unpaired) electrons. The molecule has 2 unspecified atom stereocenters. The summed E-state index contributed by atoms with van der Waals surface area (Å²) in [5.41, 5.74) is 11.1. The Morgan fingerprint density at radius 3 is 2.73 bits per heavy atom. The first-order valence-electron chi connectivity index (χ1n) is 5.07. The van der Waals surface area contributed by atoms with Crippen LogP contribution in [-0.2, 0) is 6.54 Å². The lowest BCUT2D eigenvalue weighted by Crippen LogP contribution is -2.17. The van der Waals surface area contributed by atoms with Crippen LogP contribution in [0.25, 0.3) is 0 Å². The van der Waals surface area contributed by atoms with Gasteiger partial charge >= 0.3 is 0 Å². The molecular weight excluding hydrogens is 216 g/mol. The zero-order chi connectivity index (χ0) is 9.97. The molecule has 1 aromatic heterocycles. The van der Waals surface area contributed by atoms with E-state index in [1.807, 2.05) is 0 Å². The Kier molecular flexibility index (Phi) is 4.50. The van der Waals surface area contributed by atoms with Crippen LogP contribution in [0.1, 0.15) is 36.9 Å². The van der Waals surface area contributed by atoms with Gasteiger partial charge in [0, 0.05) is 5.92 Å². The number of hydrogen-bond acceptors (Lipinski definition) is 5. The van der Waals surface area contributed by atoms with Crippen molar-refractivity contribution in [3.63, 3.8) is 0 Å². The highest BCUT2D eigenvalue weighted by molar-refractivity contribution is 5.85. The fourth-order valence-corrected chi connectivity index (χ4v) is 2.15. The second kappa shape index (κ2) is 5.44. The van der Waals surface area contributed by atoms with Gasteiger partial charge in [0.05, 0.1) is 6.54 Å². The fourth-order valence-electron chi connectivity index (χ4n) is 2.15. The van der Waals surface area contributed by atoms with Crippen LogP contribution in [0, 0.1) is 5.92 Å². The second-order valence-electron chi connectivity index (χ2n) is 3.79. The van der Waals surface area contributed by atoms with Crippen molar-refractivity contribution in [2.24, 2.45) is 17.4 Å². The van der Waals surface area contributed by atoms with Gasteiger partial charge in [-0.05, 0) is 25.3 Å². The Morgan fingerprint density at radius 1 is 1.33 bits per heavy atom. The van der Waals surface area contributed by atoms with E-state index >= 15 is 0 Å². The largest absolute Gasteiger partial charge is 0.339 e. The Balaban J connectivity index is 0.00000112. The lowest BCUT2D eigenvalue weighted by Gasteiger charge is -2.12. The van der Waals surface area contributed by atoms with Crippen LogP contribution in [0.2, 0.25) is 0 Å². The molecule has 6 heteroatoms. The van der Waals surface area contributed by atoms with Gasteiger partial charge in [0.2, 0.25) is 5.89 Å². The van der Waals surface area contributed by atoms with E-state index in [1.54, 1.807) is 0 Å². The van der Waals surface area contributed by atoms with Crippen molar-refractivity contribution in [3.8, 4) is 0 Å². The van der Waals surface area contributed by atoms with Crippen molar-refractivity contribution in [1.82, 2.24) is 10.1 Å². The minimum atomic E-state index is 0. The molecule has 1 fully saturated rings. The SMILES string of the molecule is Cl.NCc1noc(C2CCCC2CN)n1. The molecule has 1 aliphatic rings. The molecule has 0 saturated heterocycles. The Labute approximate surface area is 95.0 Å². The number of nitrogens with two attached hydrogens (primary N) is 2. The van der Waals surface area contributed by atoms with Gasteiger partial charge < -0.3 is 16.0 Å². The Bertz CT molecular complexity index is 304. The average Bonchev–Trinajstić information content (AvgIpc) is 2.85. The molecule has 0 spiro atoms. The maximum absolute atomic E-state index is 5.69. The molecule has 0 aromatic carbocycles. The molecule has 4 N–H and O–H groups in total. The first-order chi connectivity index (χ1) is 6.85. The smallest absolute Gasteiger partial charge is 0.230 e. The molecule has 0 bridgehead atoms. The summed E-state index contributed by atoms with van der Waals surface area (Å²) >= 11 is 0. The monoisotopic (exact) mass is 232 g/mol. The van der Waals surface area contributed by atoms with E-state index in [0.29, 0.717) is 30.7 Å². The minimum Gasteiger partial charge on any atom is -0.339 e. The van der Waals surface area contributed by atoms with E-state index in [4.69, 9.17) is 16.0 Å². The zero-order valence-electron chi connectivity index (χ0n) is 8.56. The molecule has 2 atom stereocenters. The molecule has 2 rings (SSSR count). The average molecular weight is 233 g/mol. The highest BCUT2D eigenvalue weighted by atomic mass is 35.5. The van der Waals surface area contributed by atoms with E-state index in [-0.39, 0.29) is 12.4 Å². The summed E-state index contributed by atoms with van der Waals surface area (Å²) in [6, 6.07) is 0. The standard InChI is InChI=1S/C9H16N4O.ClH/c10-4-6-2-1-3-7(6)9-12-8(5-11)13-14-9;/h6-7H,1-5,10-11H2;1H. The van der Waals surface area contributed by atoms with Crippen molar-refractivity contribution in [1.29, 1.82) is 0 Å². The van der Waals surface area contributed by atoms with Gasteiger partial charge in [-0.3, -0.25) is 0 Å². The topological polar surface area (TPSA) is 91.0 Å². The normalized spacial score (nSPS) is 25.2. The number of nitrogens with zero attached hydrogens (tertiary/aromatic N) is 2. The van der Waals surface area contributed by atoms with Gasteiger partial charge in [-0.15, -0.1) is 12.4 Å². The summed E-state index contributed by atoms with van der Waals surface area (Å²) in [4.78, 5) is 4.25. The van der Waals surface area contributed by atoms with Gasteiger partial charge in [0.15, 0.2) is 5.82 Å². The molecule has 1 aliphatic carbocycles. The lowest BCUT2D eigenvalue weighted by atomic mass is 9.96. The van der Waals surface area contributed by atoms with Crippen LogP contribution >= 0.6 is 12.4 Å². The molecule has 15 heavy (non-hydrogen) atoms. The van der Waals surface area contributed by atoms with Crippen molar-refractivity contribution < 1.29 is 4.52 Å². The highest BCUT2D eigenvalue weighted by Gasteiger charge is 2.31. The van der Waals surface area contributed by atoms with Crippen molar-refractivity contribution >= 4 is 12.4 Å². The zero-order valence-corrected chi connectivity index (χ0v) is 9.37. The first kappa shape index (κ1) is 12.4. The van der Waals surface area contributed by atoms with Gasteiger partial charge in [-0.1, -0.05) is 11.6 Å². The molecule has 5 nitrogen and oxygen atoms in total. The maximum atomic E-state index is 5.69. The summed E-state index contributed by atoms with van der Waals surface area (Å²) in [7, 11) is 0. The first-order valence-corrected chi connectivity index (χ1v) is 5.07. The molecule has 1 saturated carbocycles. The van der Waals surface area contributed by atoms with Crippen molar-refractivity contribution in [2.75, 3.05) is 6.54 Å². The van der Waals surface area contributed by atoms with Gasteiger partial charge in [0.1, 0.15) is 0 Å². The molecule has 0 amide bonds. The fraction of sp³-hybridized carbons (Fsp3) is 0.778. The van der Waals surface area contributed by atoms with Gasteiger partial charge in [0.25, 0.3) is 0 Å². The summed E-state index contributed by atoms with van der Waals surface area (Å²) in [6.45, 7) is 1.04. The molecule has 1 heterocycles. The van der Waals surface area contributed by atoms with Crippen LogP contribution < -0.4 is 11.5 Å². The summed E-state index contributed by atoms with van der Waals surface area (Å²) in [5.74, 6) is 2.16. The number of rotatable bonds is 3. The number of halogens is 1. The predicted octanol–water partition coefficient (Wildman–Crippen LogP) is 0.792. The third-order valence-electron chi connectivity index (χ3n) is 2.95. The summed E-state index contributed by atoms with van der Waals surface area (Å²) in [6.07, 6.45) is 3.47. The summed E-state index contributed by atoms with van der Waals surface area (Å²) < 4.78 is 5.17. The molecule has 0 aliphatic heterocycles. The van der Waals surface area contributed by atoms with Crippen LogP contribution in [0.3, 0.4) is 0 Å². The quantitative estimate of drug-likeness (QED) is 0.804. The Morgan fingerprint density at radius 2 is 2.13 bits per heavy atom. The van der Waals surface area contributed by atoms with Gasteiger partial charge in [-0.2, -0.15) is 4.98 Å². The van der Waals surface area contributed by atoms with Crippen LogP contribution in [0.4, 0.5) is 0 Å². The van der Waals surface area contributed by atoms with Crippen molar-refractivity contribution in [3.05, 3.63) is 11.7 Å². The van der Waals surface area contributed by atoms with Gasteiger partial charge in [-0.25, -0.2) is 0 Å². The predicted molar refractivity (Wildman–Crippen MR) is 58.6 cm³/mol. The van der Waals surface area contributed by atoms with Crippen LogP contribution in [0.15, 0.2) is 4.52 Å². The van der Waals surface area contributed by atoms with Crippen LogP contribution in [0.5, 0.6) is 0 Å². The van der Waals surface area contributed by atoms with E-state index in [1.165, 1.54) is 12.8 Å². The van der Waals surface area contributed by atoms with E-state index in [2.05, 4.69) is 10.1 Å². The third-order valence-corrected chi connectivity index (χ3v) is 2.95. The van der Waals surface area contributed by atoms with Crippen molar-refractivity contribution in [2.45, 2.75) is 31.7 Å². The number of hydrogen-bond donors (Lipinski definition) is 2. The van der Waals surface area contributed by atoms with E-state index in [9.17, 15) is 0 Å². The second-order valence-corrected chi connectivity index (χ2v) is 3.79. The third kappa shape index (κ3) is 2.48. The molecule has 1 aromatic rings. The minimum absolute atomic E-state index is 0. The highest BCUT2D eigenvalue weighted by Crippen LogP contribution is 2.37. The maximum Gasteiger partial charge on any atom is 0.230 e. The molecule has 86 valence electrons. The van der Waals surface area contributed by atoms with E-state index in [0.717, 1.165) is 12.3 Å². The summed E-state index contributed by atoms with van der Waals surface area (Å²) in [5, 5.41) is 3.80. The van der Waals surface area contributed by atoms with Crippen LogP contribution in [-0.4, -0.2) is 16.7 Å². The number of aromatic nitrogens is 2.